The van der Waals surface area contributed by atoms with Gasteiger partial charge in [0.2, 0.25) is 0 Å². The molecule has 0 saturated heterocycles. The average Bonchev–Trinajstić information content (AvgIpc) is 4.19. The van der Waals surface area contributed by atoms with Gasteiger partial charge in [0.05, 0.1) is 81.2 Å². The molecule has 13 rings (SSSR count). The highest BCUT2D eigenvalue weighted by atomic mass is 16.3. The minimum absolute atomic E-state index is 0.000931. The van der Waals surface area contributed by atoms with Gasteiger partial charge >= 0.3 is 0 Å². The van der Waals surface area contributed by atoms with Crippen molar-refractivity contribution in [3.8, 4) is 11.8 Å². The van der Waals surface area contributed by atoms with Crippen molar-refractivity contribution in [2.45, 2.75) is 26.2 Å². The first-order valence-corrected chi connectivity index (χ1v) is 17.4. The lowest BCUT2D eigenvalue weighted by Crippen LogP contribution is -2.61. The van der Waals surface area contributed by atoms with E-state index in [9.17, 15) is 25.8 Å². The monoisotopic (exact) mass is 740 g/mol. The number of rotatable bonds is 1. The van der Waals surface area contributed by atoms with Crippen molar-refractivity contribution in [1.29, 1.82) is 5.26 Å². The van der Waals surface area contributed by atoms with Crippen LogP contribution in [0.3, 0.4) is 0 Å². The number of benzene rings is 7. The summed E-state index contributed by atoms with van der Waals surface area (Å²) in [4.78, 5) is 2.19. The summed E-state index contributed by atoms with van der Waals surface area (Å²) < 4.78 is 220. The Morgan fingerprint density at radius 3 is 2.18 bits per heavy atom. The lowest BCUT2D eigenvalue weighted by atomic mass is 9.35. The standard InChI is InChI=1S/C49H31BN4O2/c1-49(2,3)28-18-20-43-34(24-28)46-48(56-43)50-35-13-9-16-38-47(35)54(37-15-8-12-32-30-10-4-6-14-36(30)53(38)45(32)37)40-23-27(26-51)22-39(44(40)50)52(46)29-19-21-42-33(25-29)31-11-5-7-17-41(31)55-42/h4-25H,1-3H3/i4D,5D,6D,7D,8D,9D,10D,11D,12D,13D,14D,15D,16D,17D,18D,19D,20D,21D,22D,23D,24D,25D. The lowest BCUT2D eigenvalue weighted by molar-refractivity contribution is 0.590. The van der Waals surface area contributed by atoms with Crippen LogP contribution < -0.4 is 26.4 Å². The van der Waals surface area contributed by atoms with Crippen LogP contribution in [0.25, 0.3) is 60.4 Å². The molecule has 262 valence electrons. The van der Waals surface area contributed by atoms with Gasteiger partial charge in [0, 0.05) is 44.0 Å². The van der Waals surface area contributed by atoms with Gasteiger partial charge in [-0.25, -0.2) is 0 Å². The highest BCUT2D eigenvalue weighted by Crippen LogP contribution is 2.53. The minimum atomic E-state index is -1.74. The molecular formula is C49H31BN4O2. The van der Waals surface area contributed by atoms with Crippen molar-refractivity contribution >= 4 is 112 Å². The van der Waals surface area contributed by atoms with Crippen LogP contribution in [0, 0.1) is 11.3 Å². The van der Waals surface area contributed by atoms with Crippen LogP contribution in [0.2, 0.25) is 0 Å². The van der Waals surface area contributed by atoms with E-state index in [0.29, 0.717) is 0 Å². The number of nitriles is 1. The SMILES string of the molecule is [2H]c1c([2H])c2c3c(c1[2H])-n1c4c([2H])c([2H])c([2H])c([2H])c4c4c([2H])c([2H])c([2H])c(c41)N3c1c([2H])c(C#N)c([2H])c3c1B2c1oc2c([2H])c([2H])c(C(C)(C)C)c([2H])c2c1N3c1c([2H])c([2H])c2oc3c([2H])c([2H])c([2H])c([2H])c3c2c1[2H]. The second-order valence-electron chi connectivity index (χ2n) is 14.7. The maximum Gasteiger partial charge on any atom is 0.297 e. The van der Waals surface area contributed by atoms with Crippen molar-refractivity contribution in [2.75, 3.05) is 9.80 Å². The molecule has 56 heavy (non-hydrogen) atoms. The van der Waals surface area contributed by atoms with Gasteiger partial charge in [-0.3, -0.25) is 0 Å². The van der Waals surface area contributed by atoms with Gasteiger partial charge in [-0.05, 0) is 88.4 Å². The largest absolute Gasteiger partial charge is 0.468 e. The molecule has 0 radical (unpaired) electrons. The van der Waals surface area contributed by atoms with Crippen molar-refractivity contribution in [3.05, 3.63) is 144 Å². The van der Waals surface area contributed by atoms with Crippen LogP contribution in [0.4, 0.5) is 34.1 Å². The number of fused-ring (bicyclic) bond motifs is 14. The first-order chi connectivity index (χ1) is 36.6. The van der Waals surface area contributed by atoms with E-state index in [4.69, 9.17) is 18.4 Å². The minimum Gasteiger partial charge on any atom is -0.468 e. The molecule has 6 nitrogen and oxygen atoms in total. The lowest BCUT2D eigenvalue weighted by Gasteiger charge is -2.44. The molecule has 0 N–H and O–H groups in total. The number of hydrogen-bond donors (Lipinski definition) is 0. The molecule has 7 heteroatoms. The molecule has 10 aromatic rings. The predicted octanol–water partition coefficient (Wildman–Crippen LogP) is 11.0. The van der Waals surface area contributed by atoms with E-state index in [1.165, 1.54) is 0 Å². The zero-order valence-corrected chi connectivity index (χ0v) is 29.2. The number of aromatic nitrogens is 1. The van der Waals surface area contributed by atoms with Crippen molar-refractivity contribution in [1.82, 2.24) is 4.57 Å². The zero-order chi connectivity index (χ0) is 56.3. The molecule has 0 unspecified atom stereocenters. The quantitative estimate of drug-likeness (QED) is 0.157. The van der Waals surface area contributed by atoms with Gasteiger partial charge in [0.15, 0.2) is 0 Å². The first-order valence-electron chi connectivity index (χ1n) is 28.4. The number of nitrogens with zero attached hydrogens (tertiary/aromatic N) is 4. The molecule has 0 saturated carbocycles. The first kappa shape index (κ1) is 16.3. The summed E-state index contributed by atoms with van der Waals surface area (Å²) in [5.74, 6) is 0. The van der Waals surface area contributed by atoms with Crippen molar-refractivity contribution in [3.63, 3.8) is 0 Å². The number of hydrogen-bond acceptors (Lipinski definition) is 5. The predicted molar refractivity (Wildman–Crippen MR) is 229 cm³/mol. The van der Waals surface area contributed by atoms with E-state index >= 15 is 0 Å². The third-order valence-corrected chi connectivity index (χ3v) is 10.6. The summed E-state index contributed by atoms with van der Waals surface area (Å²) in [7, 11) is 0. The van der Waals surface area contributed by atoms with E-state index in [-0.39, 0.29) is 71.8 Å². The maximum absolute atomic E-state index is 11.1. The van der Waals surface area contributed by atoms with Gasteiger partial charge in [0.1, 0.15) is 16.7 Å². The molecule has 0 amide bonds. The molecule has 0 bridgehead atoms. The maximum atomic E-state index is 11.1. The number of anilines is 6. The third kappa shape index (κ3) is 3.62. The Morgan fingerprint density at radius 2 is 1.32 bits per heavy atom. The van der Waals surface area contributed by atoms with Crippen LogP contribution >= 0.6 is 0 Å². The van der Waals surface area contributed by atoms with Gasteiger partial charge in [0.25, 0.3) is 6.71 Å². The van der Waals surface area contributed by atoms with Crippen molar-refractivity contribution in [2.24, 2.45) is 0 Å². The summed E-state index contributed by atoms with van der Waals surface area (Å²) in [5.41, 5.74) is -7.72. The Balaban J connectivity index is 1.33. The molecule has 0 spiro atoms. The van der Waals surface area contributed by atoms with Crippen LogP contribution in [0.5, 0.6) is 0 Å². The normalized spacial score (nSPS) is 19.4. The van der Waals surface area contributed by atoms with Gasteiger partial charge < -0.3 is 23.2 Å². The zero-order valence-electron chi connectivity index (χ0n) is 51.2. The summed E-state index contributed by atoms with van der Waals surface area (Å²) in [6, 6.07) is -13.5. The highest BCUT2D eigenvalue weighted by molar-refractivity contribution is 7.00. The summed E-state index contributed by atoms with van der Waals surface area (Å²) in [6.07, 6.45) is 0. The Kier molecular flexibility index (Phi) is 2.94. The van der Waals surface area contributed by atoms with E-state index in [1.807, 2.05) is 6.07 Å². The molecule has 7 aromatic carbocycles. The molecule has 0 fully saturated rings. The van der Waals surface area contributed by atoms with Gasteiger partial charge in [-0.1, -0.05) is 87.2 Å². The average molecular weight is 741 g/mol. The molecule has 0 aliphatic carbocycles. The third-order valence-electron chi connectivity index (χ3n) is 10.6. The number of furan rings is 2. The van der Waals surface area contributed by atoms with Crippen LogP contribution in [-0.4, -0.2) is 11.3 Å². The molecule has 0 atom stereocenters. The molecule has 3 aliphatic heterocycles. The molecule has 3 aromatic heterocycles. The van der Waals surface area contributed by atoms with Gasteiger partial charge in [-0.2, -0.15) is 5.26 Å². The van der Waals surface area contributed by atoms with E-state index in [1.54, 1.807) is 20.8 Å². The number of para-hydroxylation sites is 4. The molecule has 6 heterocycles. The van der Waals surface area contributed by atoms with E-state index in [0.717, 1.165) is 14.4 Å². The van der Waals surface area contributed by atoms with E-state index in [2.05, 4.69) is 0 Å². The highest BCUT2D eigenvalue weighted by Gasteiger charge is 2.49. The fraction of sp³-hybridized carbons (Fsp3) is 0.0816. The summed E-state index contributed by atoms with van der Waals surface area (Å²) in [6.45, 7) is 3.31. The Labute approximate surface area is 353 Å². The Bertz CT molecular complexity index is 4740. The van der Waals surface area contributed by atoms with Crippen LogP contribution in [-0.2, 0) is 5.41 Å². The van der Waals surface area contributed by atoms with Crippen LogP contribution in [0.15, 0.2) is 142 Å². The van der Waals surface area contributed by atoms with Crippen LogP contribution in [0.1, 0.15) is 62.1 Å². The topological polar surface area (TPSA) is 61.5 Å². The second kappa shape index (κ2) is 10.1. The second-order valence-corrected chi connectivity index (χ2v) is 14.7. The fourth-order valence-corrected chi connectivity index (χ4v) is 8.33. The van der Waals surface area contributed by atoms with Gasteiger partial charge in [-0.15, -0.1) is 0 Å². The molecule has 3 aliphatic rings. The smallest absolute Gasteiger partial charge is 0.297 e. The summed E-state index contributed by atoms with van der Waals surface area (Å²) in [5, 5.41) is 9.50. The summed E-state index contributed by atoms with van der Waals surface area (Å²) >= 11 is 0. The fourth-order valence-electron chi connectivity index (χ4n) is 8.33. The molecular weight excluding hydrogens is 687 g/mol. The Morgan fingerprint density at radius 1 is 0.607 bits per heavy atom. The van der Waals surface area contributed by atoms with Crippen molar-refractivity contribution < 1.29 is 39.0 Å². The Hall–Kier alpha value is -7.17. The van der Waals surface area contributed by atoms with E-state index < -0.39 is 196 Å².